The number of likely N-dealkylation sites (N-methyl/N-ethyl adjacent to an activating group) is 1. The SMILES string of the molecule is CC(OC(=O)CN(C)c1ncccn1)C(=O)Nc1ccc(Cl)cn1. The van der Waals surface area contributed by atoms with Crippen LogP contribution in [-0.2, 0) is 14.3 Å². The maximum Gasteiger partial charge on any atom is 0.326 e. The van der Waals surface area contributed by atoms with Gasteiger partial charge in [0.1, 0.15) is 12.4 Å². The molecule has 126 valence electrons. The summed E-state index contributed by atoms with van der Waals surface area (Å²) in [5, 5.41) is 2.99. The molecule has 2 aromatic rings. The Morgan fingerprint density at radius 3 is 2.62 bits per heavy atom. The Kier molecular flexibility index (Phi) is 6.02. The second-order valence-corrected chi connectivity index (χ2v) is 5.32. The topological polar surface area (TPSA) is 97.3 Å². The number of halogens is 1. The largest absolute Gasteiger partial charge is 0.451 e. The van der Waals surface area contributed by atoms with E-state index in [-0.39, 0.29) is 6.54 Å². The maximum atomic E-state index is 12.0. The van der Waals surface area contributed by atoms with E-state index < -0.39 is 18.0 Å². The van der Waals surface area contributed by atoms with Crippen molar-refractivity contribution in [3.8, 4) is 0 Å². The molecule has 0 aliphatic carbocycles. The van der Waals surface area contributed by atoms with Crippen molar-refractivity contribution >= 4 is 35.2 Å². The second kappa shape index (κ2) is 8.21. The normalized spacial score (nSPS) is 11.5. The molecule has 0 aromatic carbocycles. The molecule has 0 bridgehead atoms. The van der Waals surface area contributed by atoms with E-state index in [4.69, 9.17) is 16.3 Å². The zero-order chi connectivity index (χ0) is 17.5. The highest BCUT2D eigenvalue weighted by Gasteiger charge is 2.19. The van der Waals surface area contributed by atoms with Crippen LogP contribution < -0.4 is 10.2 Å². The number of ether oxygens (including phenoxy) is 1. The summed E-state index contributed by atoms with van der Waals surface area (Å²) in [4.78, 5) is 37.4. The van der Waals surface area contributed by atoms with Gasteiger partial charge in [-0.25, -0.2) is 15.0 Å². The molecule has 0 fully saturated rings. The van der Waals surface area contributed by atoms with E-state index in [1.165, 1.54) is 18.0 Å². The van der Waals surface area contributed by atoms with Crippen molar-refractivity contribution < 1.29 is 14.3 Å². The number of hydrogen-bond acceptors (Lipinski definition) is 7. The first kappa shape index (κ1) is 17.6. The highest BCUT2D eigenvalue weighted by Crippen LogP contribution is 2.10. The van der Waals surface area contributed by atoms with Crippen LogP contribution >= 0.6 is 11.6 Å². The molecule has 0 saturated heterocycles. The number of pyridine rings is 1. The fraction of sp³-hybridized carbons (Fsp3) is 0.267. The molecular weight excluding hydrogens is 334 g/mol. The molecule has 0 radical (unpaired) electrons. The van der Waals surface area contributed by atoms with Gasteiger partial charge in [-0.1, -0.05) is 11.6 Å². The van der Waals surface area contributed by atoms with Crippen LogP contribution in [0.2, 0.25) is 5.02 Å². The summed E-state index contributed by atoms with van der Waals surface area (Å²) in [5.74, 6) is -0.354. The lowest BCUT2D eigenvalue weighted by Gasteiger charge is -2.18. The molecule has 1 unspecified atom stereocenters. The fourth-order valence-electron chi connectivity index (χ4n) is 1.72. The third-order valence-corrected chi connectivity index (χ3v) is 3.14. The number of carbonyl (C=O) groups is 2. The molecule has 8 nitrogen and oxygen atoms in total. The van der Waals surface area contributed by atoms with Gasteiger partial charge < -0.3 is 15.0 Å². The Labute approximate surface area is 143 Å². The van der Waals surface area contributed by atoms with Gasteiger partial charge in [-0.2, -0.15) is 0 Å². The minimum absolute atomic E-state index is 0.0825. The predicted molar refractivity (Wildman–Crippen MR) is 88.7 cm³/mol. The van der Waals surface area contributed by atoms with Crippen LogP contribution in [-0.4, -0.2) is 46.5 Å². The molecule has 1 N–H and O–H groups in total. The smallest absolute Gasteiger partial charge is 0.326 e. The van der Waals surface area contributed by atoms with Crippen molar-refractivity contribution in [2.45, 2.75) is 13.0 Å². The Balaban J connectivity index is 1.84. The third-order valence-electron chi connectivity index (χ3n) is 2.92. The number of carbonyl (C=O) groups excluding carboxylic acids is 2. The van der Waals surface area contributed by atoms with Crippen molar-refractivity contribution in [2.24, 2.45) is 0 Å². The number of rotatable bonds is 6. The van der Waals surface area contributed by atoms with Crippen molar-refractivity contribution in [1.82, 2.24) is 15.0 Å². The van der Waals surface area contributed by atoms with Crippen molar-refractivity contribution in [3.05, 3.63) is 41.8 Å². The van der Waals surface area contributed by atoms with Gasteiger partial charge in [-0.05, 0) is 25.1 Å². The molecule has 0 saturated carbocycles. The molecule has 1 atom stereocenters. The van der Waals surface area contributed by atoms with Gasteiger partial charge in [-0.3, -0.25) is 9.59 Å². The Morgan fingerprint density at radius 1 is 1.29 bits per heavy atom. The summed E-state index contributed by atoms with van der Waals surface area (Å²) >= 11 is 5.72. The minimum atomic E-state index is -0.972. The number of aromatic nitrogens is 3. The molecule has 2 aromatic heterocycles. The standard InChI is InChI=1S/C15H16ClN5O3/c1-10(14(23)20-12-5-4-11(16)8-19-12)24-13(22)9-21(2)15-17-6-3-7-18-15/h3-8,10H,9H2,1-2H3,(H,19,20,23). The van der Waals surface area contributed by atoms with Crippen molar-refractivity contribution in [3.63, 3.8) is 0 Å². The summed E-state index contributed by atoms with van der Waals surface area (Å²) in [6.45, 7) is 1.39. The van der Waals surface area contributed by atoms with Gasteiger partial charge in [-0.15, -0.1) is 0 Å². The maximum absolute atomic E-state index is 12.0. The van der Waals surface area contributed by atoms with Crippen LogP contribution in [0.1, 0.15) is 6.92 Å². The lowest BCUT2D eigenvalue weighted by atomic mass is 10.3. The number of hydrogen-bond donors (Lipinski definition) is 1. The van der Waals surface area contributed by atoms with E-state index in [9.17, 15) is 9.59 Å². The van der Waals surface area contributed by atoms with E-state index in [1.54, 1.807) is 37.6 Å². The summed E-state index contributed by atoms with van der Waals surface area (Å²) in [5.41, 5.74) is 0. The Bertz CT molecular complexity index is 696. The van der Waals surface area contributed by atoms with Crippen LogP contribution in [0.25, 0.3) is 0 Å². The van der Waals surface area contributed by atoms with E-state index >= 15 is 0 Å². The lowest BCUT2D eigenvalue weighted by Crippen LogP contribution is -2.35. The summed E-state index contributed by atoms with van der Waals surface area (Å²) in [7, 11) is 1.65. The number of amides is 1. The zero-order valence-corrected chi connectivity index (χ0v) is 13.9. The van der Waals surface area contributed by atoms with Gasteiger partial charge in [0.25, 0.3) is 5.91 Å². The Morgan fingerprint density at radius 2 is 2.00 bits per heavy atom. The van der Waals surface area contributed by atoms with E-state index in [1.807, 2.05) is 0 Å². The monoisotopic (exact) mass is 349 g/mol. The minimum Gasteiger partial charge on any atom is -0.451 e. The van der Waals surface area contributed by atoms with E-state index in [0.29, 0.717) is 16.8 Å². The van der Waals surface area contributed by atoms with Crippen molar-refractivity contribution in [1.29, 1.82) is 0 Å². The first-order valence-corrected chi connectivity index (χ1v) is 7.43. The summed E-state index contributed by atoms with van der Waals surface area (Å²) < 4.78 is 5.10. The van der Waals surface area contributed by atoms with Gasteiger partial charge in [0.05, 0.1) is 5.02 Å². The van der Waals surface area contributed by atoms with Crippen LogP contribution in [0.15, 0.2) is 36.8 Å². The van der Waals surface area contributed by atoms with E-state index in [2.05, 4.69) is 20.3 Å². The number of esters is 1. The number of nitrogens with zero attached hydrogens (tertiary/aromatic N) is 4. The second-order valence-electron chi connectivity index (χ2n) is 4.89. The predicted octanol–water partition coefficient (Wildman–Crippen LogP) is 1.53. The molecule has 0 spiro atoms. The number of nitrogens with one attached hydrogen (secondary N) is 1. The average Bonchev–Trinajstić information content (AvgIpc) is 2.57. The van der Waals surface area contributed by atoms with Crippen LogP contribution in [0.4, 0.5) is 11.8 Å². The molecule has 2 heterocycles. The molecule has 0 aliphatic rings. The zero-order valence-electron chi connectivity index (χ0n) is 13.1. The van der Waals surface area contributed by atoms with E-state index in [0.717, 1.165) is 0 Å². The molecule has 1 amide bonds. The van der Waals surface area contributed by atoms with Crippen LogP contribution in [0.5, 0.6) is 0 Å². The first-order chi connectivity index (χ1) is 11.5. The van der Waals surface area contributed by atoms with Gasteiger partial charge in [0.15, 0.2) is 6.10 Å². The quantitative estimate of drug-likeness (QED) is 0.790. The van der Waals surface area contributed by atoms with Crippen LogP contribution in [0, 0.1) is 0 Å². The highest BCUT2D eigenvalue weighted by molar-refractivity contribution is 6.30. The lowest BCUT2D eigenvalue weighted by molar-refractivity contribution is -0.151. The molecule has 2 rings (SSSR count). The average molecular weight is 350 g/mol. The third kappa shape index (κ3) is 5.17. The van der Waals surface area contributed by atoms with Gasteiger partial charge in [0.2, 0.25) is 5.95 Å². The molecule has 24 heavy (non-hydrogen) atoms. The fourth-order valence-corrected chi connectivity index (χ4v) is 1.83. The number of anilines is 2. The first-order valence-electron chi connectivity index (χ1n) is 7.06. The van der Waals surface area contributed by atoms with Crippen molar-refractivity contribution in [2.75, 3.05) is 23.8 Å². The molecule has 9 heteroatoms. The summed E-state index contributed by atoms with van der Waals surface area (Å²) in [6, 6.07) is 4.82. The summed E-state index contributed by atoms with van der Waals surface area (Å²) in [6.07, 6.45) is 3.57. The van der Waals surface area contributed by atoms with Gasteiger partial charge in [0, 0.05) is 25.6 Å². The Hall–Kier alpha value is -2.74. The van der Waals surface area contributed by atoms with Crippen LogP contribution in [0.3, 0.4) is 0 Å². The highest BCUT2D eigenvalue weighted by atomic mass is 35.5. The molecule has 0 aliphatic heterocycles. The molecular formula is C15H16ClN5O3. The van der Waals surface area contributed by atoms with Gasteiger partial charge >= 0.3 is 5.97 Å².